The van der Waals surface area contributed by atoms with Crippen molar-refractivity contribution in [2.24, 2.45) is 15.6 Å². The molecule has 0 aliphatic rings. The quantitative estimate of drug-likeness (QED) is 0.0709. The lowest BCUT2D eigenvalue weighted by Gasteiger charge is -2.32. The Labute approximate surface area is 314 Å². The van der Waals surface area contributed by atoms with Crippen LogP contribution in [0.5, 0.6) is 5.75 Å². The number of carbonyl (C=O) groups excluding carboxylic acids is 3. The first-order valence-electron chi connectivity index (χ1n) is 16.3. The summed E-state index contributed by atoms with van der Waals surface area (Å²) in [7, 11) is 0. The second kappa shape index (κ2) is 19.7. The van der Waals surface area contributed by atoms with E-state index in [0.717, 1.165) is 4.90 Å². The smallest absolute Gasteiger partial charge is 0.432 e. The van der Waals surface area contributed by atoms with E-state index in [9.17, 15) is 24.3 Å². The molecular formula is C37H47Cl2N5O8. The van der Waals surface area contributed by atoms with Crippen LogP contribution in [0.2, 0.25) is 10.0 Å². The topological polar surface area (TPSA) is 168 Å². The minimum atomic E-state index is -1.54. The molecule has 2 aromatic carbocycles. The van der Waals surface area contributed by atoms with Crippen molar-refractivity contribution in [1.29, 1.82) is 0 Å². The summed E-state index contributed by atoms with van der Waals surface area (Å²) in [6, 6.07) is 9.84. The van der Waals surface area contributed by atoms with Crippen LogP contribution in [0.25, 0.3) is 0 Å². The van der Waals surface area contributed by atoms with Gasteiger partial charge in [0, 0.05) is 18.0 Å². The molecular weight excluding hydrogens is 713 g/mol. The highest BCUT2D eigenvalue weighted by Gasteiger charge is 2.34. The summed E-state index contributed by atoms with van der Waals surface area (Å²) in [5, 5.41) is 19.2. The summed E-state index contributed by atoms with van der Waals surface area (Å²) in [6.45, 7) is 19.8. The van der Waals surface area contributed by atoms with Crippen LogP contribution in [-0.2, 0) is 19.2 Å². The Balaban J connectivity index is 2.42. The Morgan fingerprint density at radius 1 is 0.981 bits per heavy atom. The lowest BCUT2D eigenvalue weighted by molar-refractivity contribution is -0.119. The molecule has 2 aromatic rings. The summed E-state index contributed by atoms with van der Waals surface area (Å²) in [6.07, 6.45) is 0.529. The summed E-state index contributed by atoms with van der Waals surface area (Å²) in [5.74, 6) is -1.69. The molecule has 0 aliphatic carbocycles. The number of amidine groups is 1. The molecule has 0 aliphatic heterocycles. The minimum absolute atomic E-state index is 0.0188. The number of oxime groups is 1. The third-order valence-electron chi connectivity index (χ3n) is 6.81. The molecule has 1 atom stereocenters. The molecule has 0 saturated carbocycles. The summed E-state index contributed by atoms with van der Waals surface area (Å²) < 4.78 is 10.9. The fourth-order valence-electron chi connectivity index (χ4n) is 4.82. The predicted octanol–water partition coefficient (Wildman–Crippen LogP) is 8.07. The Bertz CT molecular complexity index is 1660. The van der Waals surface area contributed by atoms with Gasteiger partial charge >= 0.3 is 12.2 Å². The molecule has 1 unspecified atom stereocenters. The number of halogens is 2. The molecule has 0 saturated heterocycles. The Kier molecular flexibility index (Phi) is 16.4. The second-order valence-corrected chi connectivity index (χ2v) is 14.3. The minimum Gasteiger partial charge on any atom is -0.490 e. The van der Waals surface area contributed by atoms with E-state index in [4.69, 9.17) is 37.5 Å². The number of ether oxygens (including phenoxy) is 2. The lowest BCUT2D eigenvalue weighted by Crippen LogP contribution is -2.41. The number of nitrogens with zero attached hydrogens (tertiary/aromatic N) is 3. The standard InChI is InChI=1S/C37H47Cl2N5O8/c1-10-17-44(35(49)52-37(7,8)9)22-30(46)40-32-26(38)19-24(20-27(32)39)31(36(4,5)6)33(42-34(47)48)41-29(45)21-28(43-51-12-3)23-13-15-25(16-14-23)50-18-11-2/h10-11,13-16,19-20,31H,1-2,12,17-18,21-22H2,3-9H3,(H,40,46)(H,47,48)(H,41,42,45). The number of carboxylic acid groups (broad SMARTS) is 1. The van der Waals surface area contributed by atoms with Gasteiger partial charge < -0.3 is 30.1 Å². The molecule has 3 N–H and O–H groups in total. The van der Waals surface area contributed by atoms with E-state index in [1.165, 1.54) is 18.2 Å². The first-order valence-corrected chi connectivity index (χ1v) is 17.1. The van der Waals surface area contributed by atoms with E-state index in [-0.39, 0.29) is 53.4 Å². The van der Waals surface area contributed by atoms with Gasteiger partial charge in [0.2, 0.25) is 11.8 Å². The van der Waals surface area contributed by atoms with Gasteiger partial charge in [0.05, 0.1) is 27.9 Å². The fraction of sp³-hybridized carbons (Fsp3) is 0.405. The molecule has 0 radical (unpaired) electrons. The van der Waals surface area contributed by atoms with Gasteiger partial charge in [-0.1, -0.05) is 67.9 Å². The maximum absolute atomic E-state index is 13.5. The summed E-state index contributed by atoms with van der Waals surface area (Å²) >= 11 is 13.3. The Hall–Kier alpha value is -4.88. The zero-order valence-corrected chi connectivity index (χ0v) is 32.1. The van der Waals surface area contributed by atoms with Crippen molar-refractivity contribution in [3.63, 3.8) is 0 Å². The molecule has 4 amide bonds. The number of anilines is 1. The number of hydrogen-bond donors (Lipinski definition) is 3. The average Bonchev–Trinajstić information content (AvgIpc) is 3.02. The van der Waals surface area contributed by atoms with Gasteiger partial charge in [0.1, 0.15) is 36.9 Å². The molecule has 0 spiro atoms. The normalized spacial score (nSPS) is 12.6. The molecule has 2 rings (SSSR count). The van der Waals surface area contributed by atoms with Gasteiger partial charge in [-0.25, -0.2) is 9.59 Å². The fourth-order valence-corrected chi connectivity index (χ4v) is 5.42. The van der Waals surface area contributed by atoms with Crippen LogP contribution >= 0.6 is 23.2 Å². The number of hydrogen-bond acceptors (Lipinski definition) is 8. The van der Waals surface area contributed by atoms with Crippen LogP contribution < -0.4 is 15.4 Å². The molecule has 52 heavy (non-hydrogen) atoms. The van der Waals surface area contributed by atoms with Crippen molar-refractivity contribution in [2.75, 3.05) is 31.6 Å². The average molecular weight is 761 g/mol. The number of nitrogens with one attached hydrogen (secondary N) is 2. The molecule has 0 fully saturated rings. The van der Waals surface area contributed by atoms with Crippen LogP contribution in [0.15, 0.2) is 71.9 Å². The van der Waals surface area contributed by atoms with E-state index in [0.29, 0.717) is 23.5 Å². The van der Waals surface area contributed by atoms with Crippen LogP contribution in [0.4, 0.5) is 15.3 Å². The van der Waals surface area contributed by atoms with E-state index in [1.54, 1.807) is 58.0 Å². The number of aliphatic imine (C=N–C) groups is 1. The highest BCUT2D eigenvalue weighted by atomic mass is 35.5. The number of rotatable bonds is 15. The SMILES string of the molecule is C=CCOc1ccc(C(CC(=O)NC(=NC(=O)O)C(c2cc(Cl)c(NC(=O)CN(CC=C)C(=O)OC(C)(C)C)c(Cl)c2)C(C)(C)C)=NOCC)cc1. The zero-order valence-electron chi connectivity index (χ0n) is 30.5. The van der Waals surface area contributed by atoms with E-state index < -0.39 is 40.9 Å². The van der Waals surface area contributed by atoms with Gasteiger partial charge in [-0.2, -0.15) is 4.99 Å². The summed E-state index contributed by atoms with van der Waals surface area (Å²) in [5.41, 5.74) is -0.212. The molecule has 282 valence electrons. The highest BCUT2D eigenvalue weighted by molar-refractivity contribution is 6.40. The molecule has 0 heterocycles. The number of benzene rings is 2. The number of amides is 4. The van der Waals surface area contributed by atoms with E-state index in [1.807, 2.05) is 20.8 Å². The van der Waals surface area contributed by atoms with Crippen molar-refractivity contribution in [3.05, 3.63) is 82.9 Å². The lowest BCUT2D eigenvalue weighted by atomic mass is 9.75. The van der Waals surface area contributed by atoms with E-state index in [2.05, 4.69) is 33.9 Å². The first kappa shape index (κ1) is 43.3. The van der Waals surface area contributed by atoms with Crippen LogP contribution in [-0.4, -0.2) is 77.5 Å². The highest BCUT2D eigenvalue weighted by Crippen LogP contribution is 2.41. The van der Waals surface area contributed by atoms with Crippen molar-refractivity contribution in [2.45, 2.75) is 66.4 Å². The van der Waals surface area contributed by atoms with Gasteiger partial charge in [0.15, 0.2) is 0 Å². The molecule has 13 nitrogen and oxygen atoms in total. The van der Waals surface area contributed by atoms with Crippen molar-refractivity contribution in [3.8, 4) is 5.75 Å². The van der Waals surface area contributed by atoms with Gasteiger partial charge in [-0.15, -0.1) is 6.58 Å². The van der Waals surface area contributed by atoms with Crippen molar-refractivity contribution < 1.29 is 38.6 Å². The monoisotopic (exact) mass is 759 g/mol. The number of carbonyl (C=O) groups is 4. The predicted molar refractivity (Wildman–Crippen MR) is 204 cm³/mol. The molecule has 0 bridgehead atoms. The molecule has 15 heteroatoms. The van der Waals surface area contributed by atoms with Gasteiger partial charge in [-0.05, 0) is 75.1 Å². The van der Waals surface area contributed by atoms with Crippen LogP contribution in [0.1, 0.15) is 71.9 Å². The third-order valence-corrected chi connectivity index (χ3v) is 7.40. The molecule has 0 aromatic heterocycles. The maximum atomic E-state index is 13.5. The largest absolute Gasteiger partial charge is 0.490 e. The van der Waals surface area contributed by atoms with Crippen molar-refractivity contribution in [1.82, 2.24) is 10.2 Å². The first-order chi connectivity index (χ1) is 24.3. The second-order valence-electron chi connectivity index (χ2n) is 13.4. The Morgan fingerprint density at radius 3 is 2.10 bits per heavy atom. The van der Waals surface area contributed by atoms with Gasteiger partial charge in [-0.3, -0.25) is 14.5 Å². The van der Waals surface area contributed by atoms with Crippen LogP contribution in [0.3, 0.4) is 0 Å². The third kappa shape index (κ3) is 14.0. The van der Waals surface area contributed by atoms with E-state index >= 15 is 0 Å². The van der Waals surface area contributed by atoms with Gasteiger partial charge in [0.25, 0.3) is 0 Å². The maximum Gasteiger partial charge on any atom is 0.432 e. The van der Waals surface area contributed by atoms with Crippen molar-refractivity contribution >= 4 is 64.4 Å². The zero-order chi connectivity index (χ0) is 39.2. The van der Waals surface area contributed by atoms with Crippen LogP contribution in [0, 0.1) is 5.41 Å². The Morgan fingerprint density at radius 2 is 1.60 bits per heavy atom. The summed E-state index contributed by atoms with van der Waals surface area (Å²) in [4.78, 5) is 61.4.